The molecule has 7 heavy (non-hydrogen) atoms. The molecular weight excluding hydrogens is 146 g/mol. The molecule has 0 aliphatic heterocycles. The largest absolute Gasteiger partial charge is 2.00 e. The van der Waals surface area contributed by atoms with Gasteiger partial charge < -0.3 is 15.9 Å². The Labute approximate surface area is 121 Å². The van der Waals surface area contributed by atoms with Crippen LogP contribution in [0, 0.1) is 0 Å². The Balaban J connectivity index is -0.00000000214. The average Bonchev–Trinajstić information content (AvgIpc) is 0.811. The van der Waals surface area contributed by atoms with Crippen LogP contribution in [-0.2, 0) is 0 Å². The van der Waals surface area contributed by atoms with E-state index in [1.54, 1.807) is 0 Å². The van der Waals surface area contributed by atoms with Crippen molar-refractivity contribution in [2.45, 2.75) is 0 Å². The first kappa shape index (κ1) is 22.7. The molecule has 32 valence electrons. The summed E-state index contributed by atoms with van der Waals surface area (Å²) in [6, 6.07) is 0. The van der Waals surface area contributed by atoms with Crippen LogP contribution in [-0.4, -0.2) is 54.1 Å². The van der Waals surface area contributed by atoms with E-state index in [-0.39, 0.29) is 103 Å². The van der Waals surface area contributed by atoms with Gasteiger partial charge in [-0.1, -0.05) is 0 Å². The minimum absolute atomic E-state index is 0. The molecule has 0 spiro atoms. The van der Waals surface area contributed by atoms with Gasteiger partial charge in [0.05, 0.1) is 0 Å². The van der Waals surface area contributed by atoms with E-state index in [4.69, 9.17) is 15.0 Å². The third-order valence-electron chi connectivity index (χ3n) is 0. The van der Waals surface area contributed by atoms with E-state index in [9.17, 15) is 0 Å². The van der Waals surface area contributed by atoms with Crippen LogP contribution in [0.25, 0.3) is 0 Å². The molecule has 3 nitrogen and oxygen atoms in total. The van der Waals surface area contributed by atoms with E-state index in [1.807, 2.05) is 0 Å². The Morgan fingerprint density at radius 3 is 1.29 bits per heavy atom. The molecule has 0 aliphatic carbocycles. The van der Waals surface area contributed by atoms with Crippen molar-refractivity contribution in [1.82, 2.24) is 0 Å². The minimum Gasteiger partial charge on any atom is -1.00 e. The van der Waals surface area contributed by atoms with Crippen molar-refractivity contribution < 1.29 is 79.8 Å². The van der Waals surface area contributed by atoms with Crippen molar-refractivity contribution in [3.05, 3.63) is 0 Å². The molecule has 0 aromatic heterocycles. The van der Waals surface area contributed by atoms with Gasteiger partial charge in [0.1, 0.15) is 0 Å². The van der Waals surface area contributed by atoms with Gasteiger partial charge in [0.15, 0.2) is 0 Å². The predicted octanol–water partition coefficient (Wildman–Crippen LogP) is -5.70. The van der Waals surface area contributed by atoms with Crippen molar-refractivity contribution in [3.8, 4) is 0 Å². The minimum atomic E-state index is -1.83. The molecule has 0 heterocycles. The first-order valence-electron chi connectivity index (χ1n) is 0.651. The summed E-state index contributed by atoms with van der Waals surface area (Å²) in [5, 5.41) is 13.9. The van der Waals surface area contributed by atoms with E-state index in [0.29, 0.717) is 0 Å². The number of rotatable bonds is 0. The molecule has 0 rings (SSSR count). The van der Waals surface area contributed by atoms with Crippen LogP contribution < -0.4 is 59.1 Å². The second kappa shape index (κ2) is 15.8. The van der Waals surface area contributed by atoms with Gasteiger partial charge >= 0.3 is 103 Å². The second-order valence-corrected chi connectivity index (χ2v) is 0.283. The maximum atomic E-state index is 8.56. The molecule has 0 aromatic rings. The van der Waals surface area contributed by atoms with Gasteiger partial charge in [-0.25, -0.2) is 4.79 Å². The standard InChI is InChI=1S/CH2O3.Ca.2Na.4H/c2-1(3)4;;;;;;;/h(H2,2,3,4);;;;;;;/q;+2;2*+1;4*-1. The molecule has 0 bridgehead atoms. The monoisotopic (exact) mass is 152 g/mol. The number of hydrogen-bond donors (Lipinski definition) is 2. The fourth-order valence-electron chi connectivity index (χ4n) is 0. The predicted molar refractivity (Wildman–Crippen MR) is 20.9 cm³/mol. The van der Waals surface area contributed by atoms with Crippen LogP contribution in [0.3, 0.4) is 0 Å². The summed E-state index contributed by atoms with van der Waals surface area (Å²) < 4.78 is 0. The summed E-state index contributed by atoms with van der Waals surface area (Å²) in [6.45, 7) is 0. The van der Waals surface area contributed by atoms with E-state index in [1.165, 1.54) is 0 Å². The van der Waals surface area contributed by atoms with Gasteiger partial charge in [0.25, 0.3) is 0 Å². The van der Waals surface area contributed by atoms with Crippen molar-refractivity contribution in [1.29, 1.82) is 0 Å². The summed E-state index contributed by atoms with van der Waals surface area (Å²) in [4.78, 5) is 8.56. The van der Waals surface area contributed by atoms with Crippen LogP contribution >= 0.6 is 0 Å². The first-order valence-corrected chi connectivity index (χ1v) is 0.651. The molecule has 0 aromatic carbocycles. The summed E-state index contributed by atoms with van der Waals surface area (Å²) >= 11 is 0. The quantitative estimate of drug-likeness (QED) is 0.340. The van der Waals surface area contributed by atoms with Crippen LogP contribution in [0.4, 0.5) is 4.79 Å². The molecule has 2 N–H and O–H groups in total. The third-order valence-corrected chi connectivity index (χ3v) is 0. The summed E-state index contributed by atoms with van der Waals surface area (Å²) in [6.07, 6.45) is -1.83. The molecule has 0 saturated heterocycles. The summed E-state index contributed by atoms with van der Waals surface area (Å²) in [5.74, 6) is 0. The summed E-state index contributed by atoms with van der Waals surface area (Å²) in [7, 11) is 0. The second-order valence-electron chi connectivity index (χ2n) is 0.283. The zero-order chi connectivity index (χ0) is 3.58. The van der Waals surface area contributed by atoms with E-state index in [2.05, 4.69) is 0 Å². The normalized spacial score (nSPS) is 3.43. The zero-order valence-corrected chi connectivity index (χ0v) is 10.7. The maximum absolute atomic E-state index is 8.56. The van der Waals surface area contributed by atoms with E-state index in [0.717, 1.165) is 0 Å². The fourth-order valence-corrected chi connectivity index (χ4v) is 0. The van der Waals surface area contributed by atoms with Gasteiger partial charge in [-0.2, -0.15) is 0 Å². The Kier molecular flexibility index (Phi) is 51.2. The SMILES string of the molecule is O=C(O)O.[Ca+2].[H-].[H-].[H-].[H-].[Na+].[Na+]. The Morgan fingerprint density at radius 2 is 1.29 bits per heavy atom. The summed E-state index contributed by atoms with van der Waals surface area (Å²) in [5.41, 5.74) is 0. The van der Waals surface area contributed by atoms with Crippen molar-refractivity contribution in [2.75, 3.05) is 0 Å². The average molecular weight is 152 g/mol. The maximum Gasteiger partial charge on any atom is 2.00 e. The van der Waals surface area contributed by atoms with Crippen molar-refractivity contribution in [2.24, 2.45) is 0 Å². The molecule has 0 radical (unpaired) electrons. The van der Waals surface area contributed by atoms with Gasteiger partial charge in [-0.05, 0) is 0 Å². The van der Waals surface area contributed by atoms with Gasteiger partial charge in [0, 0.05) is 0 Å². The Bertz CT molecular complexity index is 46.3. The fraction of sp³-hybridized carbons (Fsp3) is 0. The Morgan fingerprint density at radius 1 is 1.29 bits per heavy atom. The molecule has 0 unspecified atom stereocenters. The number of carbonyl (C=O) groups is 1. The topological polar surface area (TPSA) is 57.5 Å². The van der Waals surface area contributed by atoms with Crippen LogP contribution in [0.2, 0.25) is 0 Å². The molecule has 0 amide bonds. The smallest absolute Gasteiger partial charge is 1.00 e. The van der Waals surface area contributed by atoms with Gasteiger partial charge in [-0.3, -0.25) is 0 Å². The third kappa shape index (κ3) is 56.8. The van der Waals surface area contributed by atoms with Gasteiger partial charge in [-0.15, -0.1) is 0 Å². The van der Waals surface area contributed by atoms with E-state index < -0.39 is 6.16 Å². The number of hydrogen-bond acceptors (Lipinski definition) is 1. The van der Waals surface area contributed by atoms with Crippen molar-refractivity contribution >= 4 is 43.9 Å². The molecular formula is CH6CaNa2O3. The molecule has 0 atom stereocenters. The molecule has 0 saturated carbocycles. The van der Waals surface area contributed by atoms with Gasteiger partial charge in [0.2, 0.25) is 0 Å². The van der Waals surface area contributed by atoms with Crippen LogP contribution in [0.5, 0.6) is 0 Å². The zero-order valence-electron chi connectivity index (χ0n) is 8.51. The van der Waals surface area contributed by atoms with Crippen LogP contribution in [0.15, 0.2) is 0 Å². The first-order chi connectivity index (χ1) is 1.73. The Hall–Kier alpha value is 2.53. The number of carboxylic acid groups (broad SMARTS) is 2. The van der Waals surface area contributed by atoms with Crippen molar-refractivity contribution in [3.63, 3.8) is 0 Å². The van der Waals surface area contributed by atoms with E-state index >= 15 is 0 Å². The molecule has 0 aliphatic rings. The molecule has 0 fully saturated rings. The van der Waals surface area contributed by atoms with Crippen LogP contribution in [0.1, 0.15) is 5.71 Å². The molecule has 6 heteroatoms.